The molecule has 136 valence electrons. The largest absolute Gasteiger partial charge is 0.372 e. The molecule has 0 atom stereocenters. The Balaban J connectivity index is 1.76. The number of nitro benzene ring substituents is 1. The first-order valence-corrected chi connectivity index (χ1v) is 8.60. The van der Waals surface area contributed by atoms with E-state index in [9.17, 15) is 14.9 Å². The van der Waals surface area contributed by atoms with Gasteiger partial charge in [0, 0.05) is 43.5 Å². The average Bonchev–Trinajstić information content (AvgIpc) is 2.67. The summed E-state index contributed by atoms with van der Waals surface area (Å²) in [5, 5.41) is 13.6. The van der Waals surface area contributed by atoms with Crippen molar-refractivity contribution in [3.05, 3.63) is 76.4 Å². The third-order valence-corrected chi connectivity index (χ3v) is 3.92. The number of carbonyl (C=O) groups excluding carboxylic acids is 1. The number of anilines is 1. The molecule has 0 heterocycles. The molecule has 2 rings (SSSR count). The van der Waals surface area contributed by atoms with Gasteiger partial charge < -0.3 is 10.2 Å². The fourth-order valence-corrected chi connectivity index (χ4v) is 2.56. The first-order chi connectivity index (χ1) is 12.6. The summed E-state index contributed by atoms with van der Waals surface area (Å²) in [5.41, 5.74) is 1.80. The number of benzene rings is 2. The number of rotatable bonds is 9. The Morgan fingerprint density at radius 1 is 1.19 bits per heavy atom. The van der Waals surface area contributed by atoms with Gasteiger partial charge in [0.05, 0.1) is 4.92 Å². The second kappa shape index (κ2) is 9.98. The van der Waals surface area contributed by atoms with Crippen LogP contribution in [0.1, 0.15) is 18.9 Å². The maximum atomic E-state index is 11.9. The highest BCUT2D eigenvalue weighted by molar-refractivity contribution is 5.91. The topological polar surface area (TPSA) is 75.5 Å². The normalized spacial score (nSPS) is 10.7. The third kappa shape index (κ3) is 6.05. The van der Waals surface area contributed by atoms with E-state index < -0.39 is 4.92 Å². The molecule has 0 aliphatic heterocycles. The molecule has 0 spiro atoms. The Labute approximate surface area is 153 Å². The Morgan fingerprint density at radius 3 is 2.65 bits per heavy atom. The van der Waals surface area contributed by atoms with Crippen LogP contribution in [0.2, 0.25) is 0 Å². The number of hydrogen-bond donors (Lipinski definition) is 1. The molecular weight excluding hydrogens is 330 g/mol. The van der Waals surface area contributed by atoms with Crippen LogP contribution < -0.4 is 10.2 Å². The number of hydrogen-bond acceptors (Lipinski definition) is 4. The number of nitro groups is 1. The number of para-hydroxylation sites is 1. The van der Waals surface area contributed by atoms with Crippen LogP contribution in [0.3, 0.4) is 0 Å². The summed E-state index contributed by atoms with van der Waals surface area (Å²) in [4.78, 5) is 24.4. The highest BCUT2D eigenvalue weighted by Crippen LogP contribution is 2.14. The molecule has 0 saturated heterocycles. The summed E-state index contributed by atoms with van der Waals surface area (Å²) in [6, 6.07) is 16.3. The van der Waals surface area contributed by atoms with Crippen molar-refractivity contribution in [1.82, 2.24) is 5.32 Å². The minimum atomic E-state index is -0.455. The van der Waals surface area contributed by atoms with Crippen molar-refractivity contribution >= 4 is 23.4 Å². The average molecular weight is 353 g/mol. The van der Waals surface area contributed by atoms with Crippen LogP contribution in [-0.4, -0.2) is 30.5 Å². The van der Waals surface area contributed by atoms with Gasteiger partial charge in [-0.3, -0.25) is 14.9 Å². The Hall–Kier alpha value is -3.15. The van der Waals surface area contributed by atoms with Crippen LogP contribution >= 0.6 is 0 Å². The van der Waals surface area contributed by atoms with Crippen LogP contribution in [0.4, 0.5) is 11.4 Å². The number of carbonyl (C=O) groups is 1. The van der Waals surface area contributed by atoms with Crippen molar-refractivity contribution < 1.29 is 9.72 Å². The van der Waals surface area contributed by atoms with E-state index in [-0.39, 0.29) is 11.6 Å². The second-order valence-corrected chi connectivity index (χ2v) is 5.75. The van der Waals surface area contributed by atoms with E-state index in [1.165, 1.54) is 23.9 Å². The van der Waals surface area contributed by atoms with E-state index in [4.69, 9.17) is 0 Å². The highest BCUT2D eigenvalue weighted by atomic mass is 16.6. The number of amides is 1. The van der Waals surface area contributed by atoms with Crippen molar-refractivity contribution in [2.45, 2.75) is 13.3 Å². The van der Waals surface area contributed by atoms with Crippen molar-refractivity contribution in [1.29, 1.82) is 0 Å². The van der Waals surface area contributed by atoms with Gasteiger partial charge in [-0.2, -0.15) is 0 Å². The smallest absolute Gasteiger partial charge is 0.270 e. The molecule has 0 bridgehead atoms. The van der Waals surface area contributed by atoms with Crippen molar-refractivity contribution in [3.8, 4) is 0 Å². The molecule has 26 heavy (non-hydrogen) atoms. The lowest BCUT2D eigenvalue weighted by Crippen LogP contribution is -2.29. The third-order valence-electron chi connectivity index (χ3n) is 3.92. The molecule has 0 radical (unpaired) electrons. The van der Waals surface area contributed by atoms with Crippen LogP contribution in [0.15, 0.2) is 60.7 Å². The fraction of sp³-hybridized carbons (Fsp3) is 0.250. The molecule has 6 heteroatoms. The molecule has 2 aromatic carbocycles. The molecule has 2 aromatic rings. The van der Waals surface area contributed by atoms with E-state index in [1.807, 2.05) is 18.2 Å². The van der Waals surface area contributed by atoms with Gasteiger partial charge in [-0.1, -0.05) is 30.3 Å². The summed E-state index contributed by atoms with van der Waals surface area (Å²) in [5.74, 6) is -0.209. The van der Waals surface area contributed by atoms with Gasteiger partial charge in [0.15, 0.2) is 0 Å². The molecule has 1 amide bonds. The van der Waals surface area contributed by atoms with Crippen molar-refractivity contribution in [2.75, 3.05) is 24.5 Å². The molecular formula is C20H23N3O3. The molecule has 0 saturated carbocycles. The summed E-state index contributed by atoms with van der Waals surface area (Å²) in [6.07, 6.45) is 3.80. The molecule has 0 aliphatic carbocycles. The lowest BCUT2D eigenvalue weighted by atomic mass is 10.2. The van der Waals surface area contributed by atoms with Crippen molar-refractivity contribution in [2.24, 2.45) is 0 Å². The summed E-state index contributed by atoms with van der Waals surface area (Å²) in [6.45, 7) is 4.44. The number of non-ortho nitro benzene ring substituents is 1. The first kappa shape index (κ1) is 19.2. The molecule has 0 aromatic heterocycles. The predicted molar refractivity (Wildman–Crippen MR) is 104 cm³/mol. The molecule has 6 nitrogen and oxygen atoms in total. The van der Waals surface area contributed by atoms with E-state index in [1.54, 1.807) is 18.2 Å². The van der Waals surface area contributed by atoms with Crippen LogP contribution in [0.25, 0.3) is 6.08 Å². The Kier molecular flexibility index (Phi) is 7.36. The maximum absolute atomic E-state index is 11.9. The Bertz CT molecular complexity index is 760. The fourth-order valence-electron chi connectivity index (χ4n) is 2.56. The monoisotopic (exact) mass is 353 g/mol. The maximum Gasteiger partial charge on any atom is 0.270 e. The van der Waals surface area contributed by atoms with Gasteiger partial charge in [-0.15, -0.1) is 0 Å². The van der Waals surface area contributed by atoms with E-state index in [0.717, 1.165) is 19.5 Å². The number of nitrogens with one attached hydrogen (secondary N) is 1. The summed E-state index contributed by atoms with van der Waals surface area (Å²) >= 11 is 0. The predicted octanol–water partition coefficient (Wildman–Crippen LogP) is 3.64. The summed E-state index contributed by atoms with van der Waals surface area (Å²) < 4.78 is 0. The SMILES string of the molecule is CCN(CCCNC(=O)/C=C/c1cccc([N+](=O)[O-])c1)c1ccccc1. The zero-order valence-electron chi connectivity index (χ0n) is 14.8. The van der Waals surface area contributed by atoms with Gasteiger partial charge in [0.1, 0.15) is 0 Å². The minimum absolute atomic E-state index is 0.00753. The quantitative estimate of drug-likeness (QED) is 0.323. The highest BCUT2D eigenvalue weighted by Gasteiger charge is 2.05. The lowest BCUT2D eigenvalue weighted by molar-refractivity contribution is -0.384. The van der Waals surface area contributed by atoms with Gasteiger partial charge in [0.25, 0.3) is 5.69 Å². The van der Waals surface area contributed by atoms with Crippen LogP contribution in [0, 0.1) is 10.1 Å². The zero-order valence-corrected chi connectivity index (χ0v) is 14.8. The van der Waals surface area contributed by atoms with Gasteiger partial charge >= 0.3 is 0 Å². The minimum Gasteiger partial charge on any atom is -0.372 e. The van der Waals surface area contributed by atoms with Gasteiger partial charge in [-0.05, 0) is 37.1 Å². The van der Waals surface area contributed by atoms with Gasteiger partial charge in [-0.25, -0.2) is 0 Å². The standard InChI is InChI=1S/C20H23N3O3/c1-2-22(18-9-4-3-5-10-18)15-7-14-21-20(24)13-12-17-8-6-11-19(16-17)23(25)26/h3-6,8-13,16H,2,7,14-15H2,1H3,(H,21,24)/b13-12+. The first-order valence-electron chi connectivity index (χ1n) is 8.60. The van der Waals surface area contributed by atoms with E-state index >= 15 is 0 Å². The zero-order chi connectivity index (χ0) is 18.8. The van der Waals surface area contributed by atoms with E-state index in [0.29, 0.717) is 12.1 Å². The van der Waals surface area contributed by atoms with E-state index in [2.05, 4.69) is 29.3 Å². The van der Waals surface area contributed by atoms with Gasteiger partial charge in [0.2, 0.25) is 5.91 Å². The Morgan fingerprint density at radius 2 is 1.96 bits per heavy atom. The molecule has 0 fully saturated rings. The summed E-state index contributed by atoms with van der Waals surface area (Å²) in [7, 11) is 0. The van der Waals surface area contributed by atoms with Crippen LogP contribution in [0.5, 0.6) is 0 Å². The second-order valence-electron chi connectivity index (χ2n) is 5.75. The lowest BCUT2D eigenvalue weighted by Gasteiger charge is -2.23. The molecule has 0 unspecified atom stereocenters. The molecule has 0 aliphatic rings. The van der Waals surface area contributed by atoms with Crippen molar-refractivity contribution in [3.63, 3.8) is 0 Å². The number of nitrogens with zero attached hydrogens (tertiary/aromatic N) is 2. The molecule has 1 N–H and O–H groups in total. The van der Waals surface area contributed by atoms with Crippen LogP contribution in [-0.2, 0) is 4.79 Å².